The molecule has 23 heavy (non-hydrogen) atoms. The highest BCUT2D eigenvalue weighted by Crippen LogP contribution is 2.29. The first-order chi connectivity index (χ1) is 11.2. The summed E-state index contributed by atoms with van der Waals surface area (Å²) in [6, 6.07) is 15.8. The maximum atomic E-state index is 9.48. The number of hydrogen-bond donors (Lipinski definition) is 1. The second-order valence-electron chi connectivity index (χ2n) is 4.89. The molecule has 3 aromatic rings. The zero-order chi connectivity index (χ0) is 16.2. The average Bonchev–Trinajstić information content (AvgIpc) is 3.03. The van der Waals surface area contributed by atoms with E-state index in [1.807, 2.05) is 54.8 Å². The first-order valence-electron chi connectivity index (χ1n) is 7.04. The molecule has 0 unspecified atom stereocenters. The molecule has 114 valence electrons. The van der Waals surface area contributed by atoms with Gasteiger partial charge in [0.05, 0.1) is 23.7 Å². The van der Waals surface area contributed by atoms with E-state index in [1.165, 1.54) is 0 Å². The van der Waals surface area contributed by atoms with E-state index in [-0.39, 0.29) is 0 Å². The van der Waals surface area contributed by atoms with Gasteiger partial charge in [0.25, 0.3) is 0 Å². The molecule has 0 aliphatic carbocycles. The lowest BCUT2D eigenvalue weighted by Crippen LogP contribution is -1.88. The van der Waals surface area contributed by atoms with Crippen LogP contribution in [-0.4, -0.2) is 23.3 Å². The first kappa shape index (κ1) is 15.2. The summed E-state index contributed by atoms with van der Waals surface area (Å²) in [6.07, 6.45) is 3.81. The van der Waals surface area contributed by atoms with E-state index >= 15 is 0 Å². The maximum Gasteiger partial charge on any atom is 0.149 e. The second-order valence-corrected chi connectivity index (χ2v) is 5.73. The van der Waals surface area contributed by atoms with Crippen LogP contribution in [0.4, 0.5) is 0 Å². The Morgan fingerprint density at radius 3 is 2.83 bits per heavy atom. The highest BCUT2D eigenvalue weighted by molar-refractivity contribution is 7.98. The van der Waals surface area contributed by atoms with Crippen molar-refractivity contribution in [3.8, 4) is 11.8 Å². The molecule has 4 nitrogen and oxygen atoms in total. The van der Waals surface area contributed by atoms with Gasteiger partial charge >= 0.3 is 0 Å². The van der Waals surface area contributed by atoms with Crippen molar-refractivity contribution in [2.75, 3.05) is 13.4 Å². The van der Waals surface area contributed by atoms with Crippen LogP contribution in [0.2, 0.25) is 0 Å². The number of para-hydroxylation sites is 2. The molecular weight excluding hydrogens is 306 g/mol. The number of rotatable bonds is 4. The van der Waals surface area contributed by atoms with Crippen molar-refractivity contribution in [3.05, 3.63) is 53.9 Å². The van der Waals surface area contributed by atoms with Gasteiger partial charge in [-0.05, 0) is 42.2 Å². The zero-order valence-corrected chi connectivity index (χ0v) is 13.6. The number of H-pyrrole nitrogens is 1. The molecule has 1 heterocycles. The number of ether oxygens (including phenoxy) is 1. The third-order valence-electron chi connectivity index (χ3n) is 3.48. The number of imidazole rings is 1. The Labute approximate surface area is 138 Å². The minimum Gasteiger partial charge on any atom is -0.496 e. The number of fused-ring (bicyclic) bond motifs is 1. The standard InChI is InChI=1S/C18H15N3OS/c1-22-16-10-12(7-8-17(16)23-2)9-13(11-19)18-20-14-5-3-4-6-15(14)21-18/h3-10H,1-2H3,(H,20,21)/b13-9+. The average molecular weight is 321 g/mol. The number of thioether (sulfide) groups is 1. The van der Waals surface area contributed by atoms with Crippen LogP contribution in [0.1, 0.15) is 11.4 Å². The van der Waals surface area contributed by atoms with Crippen molar-refractivity contribution in [2.45, 2.75) is 4.90 Å². The summed E-state index contributed by atoms with van der Waals surface area (Å²) in [6.45, 7) is 0. The summed E-state index contributed by atoms with van der Waals surface area (Å²) in [4.78, 5) is 8.72. The fourth-order valence-electron chi connectivity index (χ4n) is 2.34. The van der Waals surface area contributed by atoms with Crippen LogP contribution >= 0.6 is 11.8 Å². The van der Waals surface area contributed by atoms with E-state index in [9.17, 15) is 5.26 Å². The van der Waals surface area contributed by atoms with Gasteiger partial charge in [0.2, 0.25) is 0 Å². The summed E-state index contributed by atoms with van der Waals surface area (Å²) in [5.41, 5.74) is 3.15. The minimum atomic E-state index is 0.486. The third kappa shape index (κ3) is 3.08. The van der Waals surface area contributed by atoms with Gasteiger partial charge in [0.1, 0.15) is 17.6 Å². The van der Waals surface area contributed by atoms with Crippen LogP contribution < -0.4 is 4.74 Å². The van der Waals surface area contributed by atoms with Crippen LogP contribution in [0.15, 0.2) is 47.4 Å². The summed E-state index contributed by atoms with van der Waals surface area (Å²) in [5, 5.41) is 9.48. The summed E-state index contributed by atoms with van der Waals surface area (Å²) in [7, 11) is 1.65. The van der Waals surface area contributed by atoms with Crippen LogP contribution in [0.3, 0.4) is 0 Å². The Bertz CT molecular complexity index is 888. The Kier molecular flexibility index (Phi) is 4.35. The van der Waals surface area contributed by atoms with Crippen molar-refractivity contribution in [2.24, 2.45) is 0 Å². The van der Waals surface area contributed by atoms with Crippen LogP contribution in [-0.2, 0) is 0 Å². The predicted molar refractivity (Wildman–Crippen MR) is 94.4 cm³/mol. The highest BCUT2D eigenvalue weighted by Gasteiger charge is 2.09. The molecule has 3 rings (SSSR count). The maximum absolute atomic E-state index is 9.48. The smallest absolute Gasteiger partial charge is 0.149 e. The number of aromatic amines is 1. The molecule has 2 aromatic carbocycles. The van der Waals surface area contributed by atoms with E-state index in [0.29, 0.717) is 11.4 Å². The van der Waals surface area contributed by atoms with Crippen molar-refractivity contribution in [1.82, 2.24) is 9.97 Å². The number of benzene rings is 2. The van der Waals surface area contributed by atoms with Crippen molar-refractivity contribution in [1.29, 1.82) is 5.26 Å². The van der Waals surface area contributed by atoms with E-state index in [0.717, 1.165) is 27.2 Å². The number of methoxy groups -OCH3 is 1. The largest absolute Gasteiger partial charge is 0.496 e. The van der Waals surface area contributed by atoms with E-state index in [1.54, 1.807) is 18.9 Å². The molecule has 0 amide bonds. The van der Waals surface area contributed by atoms with Crippen LogP contribution in [0.25, 0.3) is 22.7 Å². The normalized spacial score (nSPS) is 11.4. The fraction of sp³-hybridized carbons (Fsp3) is 0.111. The fourth-order valence-corrected chi connectivity index (χ4v) is 2.89. The molecular formula is C18H15N3OS. The molecule has 0 radical (unpaired) electrons. The van der Waals surface area contributed by atoms with Crippen molar-refractivity contribution >= 4 is 34.4 Å². The monoisotopic (exact) mass is 321 g/mol. The van der Waals surface area contributed by atoms with Gasteiger partial charge in [-0.15, -0.1) is 11.8 Å². The molecule has 5 heteroatoms. The molecule has 1 N–H and O–H groups in total. The Hall–Kier alpha value is -2.71. The number of aromatic nitrogens is 2. The van der Waals surface area contributed by atoms with Gasteiger partial charge in [-0.3, -0.25) is 0 Å². The van der Waals surface area contributed by atoms with E-state index < -0.39 is 0 Å². The van der Waals surface area contributed by atoms with Crippen molar-refractivity contribution in [3.63, 3.8) is 0 Å². The van der Waals surface area contributed by atoms with Gasteiger partial charge < -0.3 is 9.72 Å². The van der Waals surface area contributed by atoms with Crippen LogP contribution in [0, 0.1) is 11.3 Å². The molecule has 1 aromatic heterocycles. The number of hydrogen-bond acceptors (Lipinski definition) is 4. The summed E-state index contributed by atoms with van der Waals surface area (Å²) >= 11 is 1.62. The quantitative estimate of drug-likeness (QED) is 0.573. The Morgan fingerprint density at radius 2 is 2.13 bits per heavy atom. The molecule has 0 saturated carbocycles. The first-order valence-corrected chi connectivity index (χ1v) is 8.26. The van der Waals surface area contributed by atoms with Gasteiger partial charge in [-0.2, -0.15) is 5.26 Å². The molecule has 0 saturated heterocycles. The highest BCUT2D eigenvalue weighted by atomic mass is 32.2. The molecule has 0 fully saturated rings. The van der Waals surface area contributed by atoms with E-state index in [2.05, 4.69) is 16.0 Å². The van der Waals surface area contributed by atoms with Gasteiger partial charge in [-0.25, -0.2) is 4.98 Å². The number of nitrogens with one attached hydrogen (secondary N) is 1. The van der Waals surface area contributed by atoms with Gasteiger partial charge in [0.15, 0.2) is 0 Å². The number of nitriles is 1. The SMILES string of the molecule is COc1cc(/C=C(\C#N)c2nc3ccccc3[nH]2)ccc1SC. The molecule has 0 bridgehead atoms. The lowest BCUT2D eigenvalue weighted by Gasteiger charge is -2.07. The van der Waals surface area contributed by atoms with Gasteiger partial charge in [-0.1, -0.05) is 18.2 Å². The second kappa shape index (κ2) is 6.59. The lowest BCUT2D eigenvalue weighted by atomic mass is 10.1. The molecule has 0 aliphatic heterocycles. The number of allylic oxidation sites excluding steroid dienone is 1. The van der Waals surface area contributed by atoms with Crippen LogP contribution in [0.5, 0.6) is 5.75 Å². The Morgan fingerprint density at radius 1 is 1.30 bits per heavy atom. The Balaban J connectivity index is 2.03. The van der Waals surface area contributed by atoms with Crippen molar-refractivity contribution < 1.29 is 4.74 Å². The number of nitrogens with zero attached hydrogens (tertiary/aromatic N) is 2. The summed E-state index contributed by atoms with van der Waals surface area (Å²) < 4.78 is 5.39. The lowest BCUT2D eigenvalue weighted by molar-refractivity contribution is 0.405. The molecule has 0 aliphatic rings. The summed E-state index contributed by atoms with van der Waals surface area (Å²) in [5.74, 6) is 1.37. The molecule has 0 atom stereocenters. The zero-order valence-electron chi connectivity index (χ0n) is 12.8. The minimum absolute atomic E-state index is 0.486. The topological polar surface area (TPSA) is 61.7 Å². The van der Waals surface area contributed by atoms with E-state index in [4.69, 9.17) is 4.74 Å². The van der Waals surface area contributed by atoms with Gasteiger partial charge in [0, 0.05) is 4.90 Å². The molecule has 0 spiro atoms. The predicted octanol–water partition coefficient (Wildman–Crippen LogP) is 4.36. The third-order valence-corrected chi connectivity index (χ3v) is 4.26.